The molecule has 0 aliphatic carbocycles. The zero-order chi connectivity index (χ0) is 18.6. The zero-order valence-electron chi connectivity index (χ0n) is 14.7. The van der Waals surface area contributed by atoms with Crippen LogP contribution in [0.3, 0.4) is 0 Å². The van der Waals surface area contributed by atoms with Crippen molar-refractivity contribution in [2.75, 3.05) is 13.1 Å². The van der Waals surface area contributed by atoms with Gasteiger partial charge in [0.25, 0.3) is 10.0 Å². The highest BCUT2D eigenvalue weighted by atomic mass is 32.2. The lowest BCUT2D eigenvalue weighted by Crippen LogP contribution is -2.42. The Bertz CT molecular complexity index is 842. The lowest BCUT2D eigenvalue weighted by atomic mass is 9.97. The van der Waals surface area contributed by atoms with Crippen LogP contribution in [0, 0.1) is 5.92 Å². The zero-order valence-corrected chi connectivity index (χ0v) is 16.4. The van der Waals surface area contributed by atoms with Crippen molar-refractivity contribution >= 4 is 27.3 Å². The third kappa shape index (κ3) is 4.31. The number of nitrogens with one attached hydrogen (secondary N) is 1. The predicted octanol–water partition coefficient (Wildman–Crippen LogP) is 2.42. The van der Waals surface area contributed by atoms with E-state index in [-0.39, 0.29) is 11.8 Å². The summed E-state index contributed by atoms with van der Waals surface area (Å²) in [6.45, 7) is 3.16. The van der Waals surface area contributed by atoms with Crippen molar-refractivity contribution in [1.82, 2.24) is 14.6 Å². The number of hydrogen-bond acceptors (Lipinski definition) is 5. The van der Waals surface area contributed by atoms with Crippen LogP contribution in [-0.4, -0.2) is 36.7 Å². The van der Waals surface area contributed by atoms with Gasteiger partial charge in [-0.15, -0.1) is 11.3 Å². The van der Waals surface area contributed by atoms with Crippen LogP contribution in [0.25, 0.3) is 0 Å². The minimum atomic E-state index is -3.45. The van der Waals surface area contributed by atoms with Crippen molar-refractivity contribution in [2.45, 2.75) is 36.9 Å². The van der Waals surface area contributed by atoms with Crippen molar-refractivity contribution in [3.05, 3.63) is 47.1 Å². The Balaban J connectivity index is 1.54. The predicted molar refractivity (Wildman–Crippen MR) is 101 cm³/mol. The van der Waals surface area contributed by atoms with Crippen molar-refractivity contribution in [3.8, 4) is 0 Å². The van der Waals surface area contributed by atoms with E-state index < -0.39 is 10.0 Å². The summed E-state index contributed by atoms with van der Waals surface area (Å²) in [5.74, 6) is -0.184. The summed E-state index contributed by atoms with van der Waals surface area (Å²) < 4.78 is 27.4. The van der Waals surface area contributed by atoms with Crippen LogP contribution in [0.15, 0.2) is 40.7 Å². The summed E-state index contributed by atoms with van der Waals surface area (Å²) in [5.41, 5.74) is 0.810. The van der Waals surface area contributed by atoms with Crippen molar-refractivity contribution < 1.29 is 13.2 Å². The van der Waals surface area contributed by atoms with Gasteiger partial charge in [-0.2, -0.15) is 4.31 Å². The van der Waals surface area contributed by atoms with E-state index in [0.717, 1.165) is 17.0 Å². The summed E-state index contributed by atoms with van der Waals surface area (Å²) in [6.07, 6.45) is 3.61. The molecule has 0 radical (unpaired) electrons. The molecule has 1 aliphatic rings. The second kappa shape index (κ2) is 8.28. The molecule has 3 rings (SSSR count). The van der Waals surface area contributed by atoms with Crippen LogP contribution >= 0.6 is 11.3 Å². The van der Waals surface area contributed by atoms with Gasteiger partial charge in [-0.1, -0.05) is 13.0 Å². The summed E-state index contributed by atoms with van der Waals surface area (Å²) in [5, 5.41) is 2.90. The first-order valence-corrected chi connectivity index (χ1v) is 11.0. The van der Waals surface area contributed by atoms with E-state index in [9.17, 15) is 13.2 Å². The fourth-order valence-corrected chi connectivity index (χ4v) is 5.92. The molecule has 1 fully saturated rings. The van der Waals surface area contributed by atoms with E-state index in [0.29, 0.717) is 36.7 Å². The molecule has 0 saturated carbocycles. The highest BCUT2D eigenvalue weighted by Crippen LogP contribution is 2.28. The van der Waals surface area contributed by atoms with Crippen LogP contribution in [-0.2, 0) is 27.8 Å². The molecule has 2 aromatic heterocycles. The van der Waals surface area contributed by atoms with Crippen LogP contribution in [0.2, 0.25) is 0 Å². The number of aromatic nitrogens is 1. The van der Waals surface area contributed by atoms with Gasteiger partial charge < -0.3 is 5.32 Å². The molecule has 1 amide bonds. The van der Waals surface area contributed by atoms with Crippen LogP contribution in [0.1, 0.15) is 30.3 Å². The minimum Gasteiger partial charge on any atom is -0.350 e. The van der Waals surface area contributed by atoms with Crippen molar-refractivity contribution in [2.24, 2.45) is 5.92 Å². The number of aryl methyl sites for hydroxylation is 1. The molecule has 0 atom stereocenters. The Hall–Kier alpha value is -1.77. The van der Waals surface area contributed by atoms with Gasteiger partial charge in [-0.05, 0) is 43.5 Å². The Kier molecular flexibility index (Phi) is 6.05. The molecule has 26 heavy (non-hydrogen) atoms. The number of thiophene rings is 1. The molecule has 0 bridgehead atoms. The van der Waals surface area contributed by atoms with E-state index in [4.69, 9.17) is 0 Å². The van der Waals surface area contributed by atoms with Gasteiger partial charge in [-0.25, -0.2) is 8.42 Å². The monoisotopic (exact) mass is 393 g/mol. The average molecular weight is 394 g/mol. The Labute approximate surface area is 158 Å². The summed E-state index contributed by atoms with van der Waals surface area (Å²) >= 11 is 1.33. The molecule has 1 aliphatic heterocycles. The molecule has 140 valence electrons. The lowest BCUT2D eigenvalue weighted by Gasteiger charge is -2.30. The maximum atomic E-state index is 12.7. The summed E-state index contributed by atoms with van der Waals surface area (Å²) in [6, 6.07) is 9.13. The van der Waals surface area contributed by atoms with Crippen LogP contribution < -0.4 is 5.32 Å². The van der Waals surface area contributed by atoms with Crippen LogP contribution in [0.5, 0.6) is 0 Å². The van der Waals surface area contributed by atoms with E-state index >= 15 is 0 Å². The molecule has 0 aromatic carbocycles. The molecular weight excluding hydrogens is 370 g/mol. The SMILES string of the molecule is CCc1ccc(S(=O)(=O)N2CCC(C(=O)NCc3ccccn3)CC2)s1. The fraction of sp³-hybridized carbons (Fsp3) is 0.444. The van der Waals surface area contributed by atoms with E-state index in [1.54, 1.807) is 12.3 Å². The molecular formula is C18H23N3O3S2. The van der Waals surface area contributed by atoms with Gasteiger partial charge in [0.05, 0.1) is 12.2 Å². The highest BCUT2D eigenvalue weighted by Gasteiger charge is 2.32. The molecule has 0 spiro atoms. The van der Waals surface area contributed by atoms with E-state index in [1.807, 2.05) is 31.2 Å². The number of nitrogens with zero attached hydrogens (tertiary/aromatic N) is 2. The molecule has 2 aromatic rings. The maximum Gasteiger partial charge on any atom is 0.252 e. The first-order valence-electron chi connectivity index (χ1n) is 8.77. The molecule has 1 saturated heterocycles. The molecule has 3 heterocycles. The molecule has 0 unspecified atom stereocenters. The number of piperidine rings is 1. The standard InChI is InChI=1S/C18H23N3O3S2/c1-2-16-6-7-17(25-16)26(23,24)21-11-8-14(9-12-21)18(22)20-13-15-5-3-4-10-19-15/h3-7,10,14H,2,8-9,11-13H2,1H3,(H,20,22). The third-order valence-corrected chi connectivity index (χ3v) is 8.17. The second-order valence-electron chi connectivity index (χ2n) is 6.29. The topological polar surface area (TPSA) is 79.4 Å². The fourth-order valence-electron chi connectivity index (χ4n) is 3.00. The van der Waals surface area contributed by atoms with Gasteiger partial charge in [0.1, 0.15) is 4.21 Å². The van der Waals surface area contributed by atoms with E-state index in [2.05, 4.69) is 10.3 Å². The quantitative estimate of drug-likeness (QED) is 0.817. The second-order valence-corrected chi connectivity index (χ2v) is 9.62. The number of carbonyl (C=O) groups is 1. The Morgan fingerprint density at radius 2 is 2.04 bits per heavy atom. The van der Waals surface area contributed by atoms with Crippen molar-refractivity contribution in [3.63, 3.8) is 0 Å². The molecule has 1 N–H and O–H groups in total. The molecule has 8 heteroatoms. The minimum absolute atomic E-state index is 0.0305. The summed E-state index contributed by atoms with van der Waals surface area (Å²) in [7, 11) is -3.45. The normalized spacial score (nSPS) is 16.5. The Morgan fingerprint density at radius 1 is 1.27 bits per heavy atom. The first-order chi connectivity index (χ1) is 12.5. The number of hydrogen-bond donors (Lipinski definition) is 1. The Morgan fingerprint density at radius 3 is 2.65 bits per heavy atom. The number of rotatable bonds is 6. The number of pyridine rings is 1. The molecule has 6 nitrogen and oxygen atoms in total. The number of carbonyl (C=O) groups excluding carboxylic acids is 1. The number of sulfonamides is 1. The highest BCUT2D eigenvalue weighted by molar-refractivity contribution is 7.91. The lowest BCUT2D eigenvalue weighted by molar-refractivity contribution is -0.126. The van der Waals surface area contributed by atoms with Crippen LogP contribution in [0.4, 0.5) is 0 Å². The smallest absolute Gasteiger partial charge is 0.252 e. The van der Waals surface area contributed by atoms with Gasteiger partial charge in [0, 0.05) is 30.1 Å². The average Bonchev–Trinajstić information content (AvgIpc) is 3.17. The first kappa shape index (κ1) is 19.0. The van der Waals surface area contributed by atoms with Gasteiger partial charge >= 0.3 is 0 Å². The van der Waals surface area contributed by atoms with E-state index in [1.165, 1.54) is 15.6 Å². The third-order valence-electron chi connectivity index (χ3n) is 4.57. The van der Waals surface area contributed by atoms with Gasteiger partial charge in [-0.3, -0.25) is 9.78 Å². The summed E-state index contributed by atoms with van der Waals surface area (Å²) in [4.78, 5) is 17.6. The van der Waals surface area contributed by atoms with Crippen molar-refractivity contribution in [1.29, 1.82) is 0 Å². The maximum absolute atomic E-state index is 12.7. The van der Waals surface area contributed by atoms with Gasteiger partial charge in [0.15, 0.2) is 0 Å². The van der Waals surface area contributed by atoms with Gasteiger partial charge in [0.2, 0.25) is 5.91 Å². The largest absolute Gasteiger partial charge is 0.350 e. The number of amides is 1.